The number of aliphatic hydroxyl groups excluding tert-OH is 1. The highest BCUT2D eigenvalue weighted by molar-refractivity contribution is 7.12. The molecule has 1 unspecified atom stereocenters. The molecule has 4 heteroatoms. The summed E-state index contributed by atoms with van der Waals surface area (Å²) in [6.07, 6.45) is 11.5. The van der Waals surface area contributed by atoms with Gasteiger partial charge in [-0.05, 0) is 69.6 Å². The van der Waals surface area contributed by atoms with Gasteiger partial charge in [0.25, 0.3) is 0 Å². The molecule has 1 aromatic rings. The van der Waals surface area contributed by atoms with Gasteiger partial charge in [0.05, 0.1) is 19.3 Å². The third kappa shape index (κ3) is 6.76. The maximum Gasteiger partial charge on any atom is 0.0654 e. The van der Waals surface area contributed by atoms with Gasteiger partial charge in [-0.2, -0.15) is 0 Å². The average Bonchev–Trinajstić information content (AvgIpc) is 2.99. The Labute approximate surface area is 144 Å². The molecule has 0 aromatic carbocycles. The van der Waals surface area contributed by atoms with Crippen molar-refractivity contribution < 1.29 is 9.84 Å². The first-order valence-electron chi connectivity index (χ1n) is 8.75. The second-order valence-electron chi connectivity index (χ2n) is 7.23. The van der Waals surface area contributed by atoms with Crippen LogP contribution in [-0.4, -0.2) is 30.0 Å². The van der Waals surface area contributed by atoms with Crippen LogP contribution in [0, 0.1) is 5.92 Å². The number of thiophene rings is 1. The van der Waals surface area contributed by atoms with E-state index >= 15 is 0 Å². The summed E-state index contributed by atoms with van der Waals surface area (Å²) >= 11 is 1.79. The van der Waals surface area contributed by atoms with E-state index in [-0.39, 0.29) is 6.61 Å². The summed E-state index contributed by atoms with van der Waals surface area (Å²) in [6, 6.07) is 4.30. The fourth-order valence-electron chi connectivity index (χ4n) is 2.86. The van der Waals surface area contributed by atoms with Gasteiger partial charge in [-0.1, -0.05) is 13.0 Å². The lowest BCUT2D eigenvalue weighted by atomic mass is 9.89. The fraction of sp³-hybridized carbons (Fsp3) is 0.684. The highest BCUT2D eigenvalue weighted by Gasteiger charge is 2.18. The van der Waals surface area contributed by atoms with Crippen molar-refractivity contribution in [1.82, 2.24) is 0 Å². The van der Waals surface area contributed by atoms with Crippen LogP contribution in [0.2, 0.25) is 0 Å². The number of aliphatic hydroxyl groups is 1. The SMILES string of the molecule is CC1CCC(OC/C=C/c2ccc(CCC(C)(N)CO)s2)CC1. The van der Waals surface area contributed by atoms with Crippen LogP contribution in [0.5, 0.6) is 0 Å². The molecule has 1 aliphatic carbocycles. The van der Waals surface area contributed by atoms with Gasteiger partial charge >= 0.3 is 0 Å². The second-order valence-corrected chi connectivity index (χ2v) is 8.43. The molecule has 0 amide bonds. The van der Waals surface area contributed by atoms with E-state index in [1.807, 2.05) is 6.92 Å². The molecule has 3 N–H and O–H groups in total. The first kappa shape index (κ1) is 18.7. The molecule has 130 valence electrons. The molecule has 0 aliphatic heterocycles. The van der Waals surface area contributed by atoms with Gasteiger partial charge < -0.3 is 15.6 Å². The van der Waals surface area contributed by atoms with Crippen LogP contribution in [0.3, 0.4) is 0 Å². The van der Waals surface area contributed by atoms with E-state index in [1.54, 1.807) is 11.3 Å². The Hall–Kier alpha value is -0.680. The Kier molecular flexibility index (Phi) is 7.28. The van der Waals surface area contributed by atoms with Crippen LogP contribution in [0.4, 0.5) is 0 Å². The third-order valence-corrected chi connectivity index (χ3v) is 5.77. The molecule has 0 saturated heterocycles. The molecular formula is C19H31NO2S. The molecule has 1 atom stereocenters. The lowest BCUT2D eigenvalue weighted by Gasteiger charge is -2.25. The van der Waals surface area contributed by atoms with E-state index < -0.39 is 5.54 Å². The summed E-state index contributed by atoms with van der Waals surface area (Å²) in [5.41, 5.74) is 5.49. The summed E-state index contributed by atoms with van der Waals surface area (Å²) in [5.74, 6) is 0.871. The minimum atomic E-state index is -0.481. The standard InChI is InChI=1S/C19H31NO2S/c1-15-5-7-16(8-6-15)22-13-3-4-17-9-10-18(23-17)11-12-19(2,20)14-21/h3-4,9-10,15-16,21H,5-8,11-14,20H2,1-2H3/b4-3+. The summed E-state index contributed by atoms with van der Waals surface area (Å²) < 4.78 is 5.94. The van der Waals surface area contributed by atoms with E-state index in [4.69, 9.17) is 10.5 Å². The van der Waals surface area contributed by atoms with Gasteiger partial charge in [0.1, 0.15) is 0 Å². The molecule has 3 nitrogen and oxygen atoms in total. The van der Waals surface area contributed by atoms with E-state index in [9.17, 15) is 5.11 Å². The van der Waals surface area contributed by atoms with Crippen molar-refractivity contribution in [2.75, 3.05) is 13.2 Å². The van der Waals surface area contributed by atoms with Gasteiger partial charge in [0.2, 0.25) is 0 Å². The smallest absolute Gasteiger partial charge is 0.0654 e. The molecule has 1 saturated carbocycles. The molecule has 1 aromatic heterocycles. The molecule has 23 heavy (non-hydrogen) atoms. The van der Waals surface area contributed by atoms with E-state index in [2.05, 4.69) is 31.2 Å². The Morgan fingerprint density at radius 2 is 2.09 bits per heavy atom. The Bertz CT molecular complexity index is 487. The Morgan fingerprint density at radius 1 is 1.35 bits per heavy atom. The quantitative estimate of drug-likeness (QED) is 0.754. The topological polar surface area (TPSA) is 55.5 Å². The number of hydrogen-bond donors (Lipinski definition) is 2. The van der Waals surface area contributed by atoms with Gasteiger partial charge in [0, 0.05) is 15.3 Å². The highest BCUT2D eigenvalue weighted by Crippen LogP contribution is 2.25. The third-order valence-electron chi connectivity index (χ3n) is 4.66. The van der Waals surface area contributed by atoms with Gasteiger partial charge in [0.15, 0.2) is 0 Å². The minimum Gasteiger partial charge on any atom is -0.394 e. The summed E-state index contributed by atoms with van der Waals surface area (Å²) in [7, 11) is 0. The van der Waals surface area contributed by atoms with E-state index in [1.165, 1.54) is 35.4 Å². The van der Waals surface area contributed by atoms with Crippen molar-refractivity contribution in [3.63, 3.8) is 0 Å². The lowest BCUT2D eigenvalue weighted by Crippen LogP contribution is -2.40. The highest BCUT2D eigenvalue weighted by atomic mass is 32.1. The second kappa shape index (κ2) is 8.97. The zero-order valence-corrected chi connectivity index (χ0v) is 15.3. The first-order chi connectivity index (χ1) is 11.0. The van der Waals surface area contributed by atoms with Crippen molar-refractivity contribution in [2.45, 2.75) is 64.0 Å². The monoisotopic (exact) mass is 337 g/mol. The Balaban J connectivity index is 1.69. The van der Waals surface area contributed by atoms with Crippen LogP contribution in [0.1, 0.15) is 55.7 Å². The Morgan fingerprint density at radius 3 is 2.78 bits per heavy atom. The van der Waals surface area contributed by atoms with Gasteiger partial charge in [-0.25, -0.2) is 0 Å². The molecule has 0 spiro atoms. The van der Waals surface area contributed by atoms with Crippen molar-refractivity contribution >= 4 is 17.4 Å². The number of aryl methyl sites for hydroxylation is 1. The molecule has 2 rings (SSSR count). The molecule has 0 bridgehead atoms. The van der Waals surface area contributed by atoms with Crippen LogP contribution in [-0.2, 0) is 11.2 Å². The maximum atomic E-state index is 9.20. The largest absolute Gasteiger partial charge is 0.394 e. The zero-order chi connectivity index (χ0) is 16.7. The number of nitrogens with two attached hydrogens (primary N) is 1. The summed E-state index contributed by atoms with van der Waals surface area (Å²) in [5, 5.41) is 9.20. The molecule has 1 heterocycles. The van der Waals surface area contributed by atoms with Crippen LogP contribution >= 0.6 is 11.3 Å². The normalized spacial score (nSPS) is 24.9. The molecule has 1 fully saturated rings. The van der Waals surface area contributed by atoms with Crippen molar-refractivity contribution in [3.8, 4) is 0 Å². The van der Waals surface area contributed by atoms with Crippen molar-refractivity contribution in [2.24, 2.45) is 11.7 Å². The maximum absolute atomic E-state index is 9.20. The molecule has 0 radical (unpaired) electrons. The van der Waals surface area contributed by atoms with Crippen molar-refractivity contribution in [3.05, 3.63) is 28.0 Å². The van der Waals surface area contributed by atoms with Crippen LogP contribution in [0.25, 0.3) is 6.08 Å². The first-order valence-corrected chi connectivity index (χ1v) is 9.57. The van der Waals surface area contributed by atoms with Crippen LogP contribution < -0.4 is 5.73 Å². The fourth-order valence-corrected chi connectivity index (χ4v) is 3.80. The average molecular weight is 338 g/mol. The summed E-state index contributed by atoms with van der Waals surface area (Å²) in [4.78, 5) is 2.57. The van der Waals surface area contributed by atoms with Gasteiger partial charge in [-0.15, -0.1) is 11.3 Å². The minimum absolute atomic E-state index is 0.0302. The lowest BCUT2D eigenvalue weighted by molar-refractivity contribution is 0.0369. The molecule has 1 aliphatic rings. The molecular weight excluding hydrogens is 306 g/mol. The number of ether oxygens (including phenoxy) is 1. The predicted molar refractivity (Wildman–Crippen MR) is 98.7 cm³/mol. The number of hydrogen-bond acceptors (Lipinski definition) is 4. The van der Waals surface area contributed by atoms with E-state index in [0.717, 1.165) is 18.8 Å². The van der Waals surface area contributed by atoms with Crippen LogP contribution in [0.15, 0.2) is 18.2 Å². The van der Waals surface area contributed by atoms with Crippen molar-refractivity contribution in [1.29, 1.82) is 0 Å². The predicted octanol–water partition coefficient (Wildman–Crippen LogP) is 4.00. The summed E-state index contributed by atoms with van der Waals surface area (Å²) in [6.45, 7) is 4.96. The van der Waals surface area contributed by atoms with E-state index in [0.29, 0.717) is 12.7 Å². The van der Waals surface area contributed by atoms with Gasteiger partial charge in [-0.3, -0.25) is 0 Å². The number of rotatable bonds is 8. The zero-order valence-electron chi connectivity index (χ0n) is 14.5.